The van der Waals surface area contributed by atoms with Crippen LogP contribution in [0.1, 0.15) is 0 Å². The fraction of sp³-hybridized carbons (Fsp3) is 0. The first-order valence-electron chi connectivity index (χ1n) is 5.15. The summed E-state index contributed by atoms with van der Waals surface area (Å²) in [7, 11) is 0. The molecule has 6 heteroatoms. The molecule has 0 aliphatic carbocycles. The van der Waals surface area contributed by atoms with Gasteiger partial charge in [0.15, 0.2) is 5.58 Å². The van der Waals surface area contributed by atoms with Crippen LogP contribution in [0.5, 0.6) is 0 Å². The second kappa shape index (κ2) is 3.89. The predicted molar refractivity (Wildman–Crippen MR) is 67.9 cm³/mol. The van der Waals surface area contributed by atoms with E-state index in [0.717, 1.165) is 5.56 Å². The average Bonchev–Trinajstić information content (AvgIpc) is 2.66. The monoisotopic (exact) mass is 262 g/mol. The maximum absolute atomic E-state index is 11.3. The standard InChI is InChI=1S/C12H7ClN2O3/c13-10-4-7(5-11(16)15-10)6-1-2-8-9(3-6)18-12(17)14-8/h1-5H,(H,14,17)(H,15,16). The van der Waals surface area contributed by atoms with Gasteiger partial charge >= 0.3 is 5.76 Å². The number of hydrogen-bond acceptors (Lipinski definition) is 3. The number of pyridine rings is 1. The first-order valence-corrected chi connectivity index (χ1v) is 5.53. The topological polar surface area (TPSA) is 78.9 Å². The molecule has 0 atom stereocenters. The molecule has 0 amide bonds. The molecule has 18 heavy (non-hydrogen) atoms. The van der Waals surface area contributed by atoms with E-state index in [1.54, 1.807) is 24.3 Å². The summed E-state index contributed by atoms with van der Waals surface area (Å²) in [6.07, 6.45) is 0. The van der Waals surface area contributed by atoms with Crippen LogP contribution in [0, 0.1) is 0 Å². The van der Waals surface area contributed by atoms with E-state index in [1.807, 2.05) is 0 Å². The summed E-state index contributed by atoms with van der Waals surface area (Å²) >= 11 is 5.79. The largest absolute Gasteiger partial charge is 0.417 e. The highest BCUT2D eigenvalue weighted by Gasteiger charge is 2.05. The lowest BCUT2D eigenvalue weighted by Gasteiger charge is -2.01. The molecule has 0 unspecified atom stereocenters. The van der Waals surface area contributed by atoms with Gasteiger partial charge in [0.1, 0.15) is 5.15 Å². The molecule has 0 aliphatic rings. The Kier molecular flexibility index (Phi) is 2.34. The van der Waals surface area contributed by atoms with E-state index < -0.39 is 5.76 Å². The summed E-state index contributed by atoms with van der Waals surface area (Å²) in [5.74, 6) is -0.508. The number of nitrogens with one attached hydrogen (secondary N) is 2. The van der Waals surface area contributed by atoms with Gasteiger partial charge in [0.25, 0.3) is 0 Å². The third kappa shape index (κ3) is 1.84. The molecule has 0 saturated heterocycles. The number of aromatic amines is 2. The van der Waals surface area contributed by atoms with Crippen molar-refractivity contribution in [3.05, 3.63) is 56.4 Å². The number of oxazole rings is 1. The lowest BCUT2D eigenvalue weighted by molar-refractivity contribution is 0.555. The van der Waals surface area contributed by atoms with E-state index in [1.165, 1.54) is 6.07 Å². The number of halogens is 1. The van der Waals surface area contributed by atoms with Crippen LogP contribution >= 0.6 is 11.6 Å². The van der Waals surface area contributed by atoms with E-state index in [-0.39, 0.29) is 10.7 Å². The molecule has 2 heterocycles. The third-order valence-electron chi connectivity index (χ3n) is 2.57. The molecular formula is C12H7ClN2O3. The van der Waals surface area contributed by atoms with Crippen LogP contribution in [0.25, 0.3) is 22.2 Å². The molecule has 1 aromatic carbocycles. The number of aromatic nitrogens is 2. The molecule has 3 aromatic rings. The van der Waals surface area contributed by atoms with Crippen molar-refractivity contribution in [3.8, 4) is 11.1 Å². The van der Waals surface area contributed by atoms with Crippen LogP contribution in [0.3, 0.4) is 0 Å². The molecule has 0 spiro atoms. The van der Waals surface area contributed by atoms with Gasteiger partial charge < -0.3 is 9.40 Å². The van der Waals surface area contributed by atoms with E-state index in [2.05, 4.69) is 9.97 Å². The fourth-order valence-corrected chi connectivity index (χ4v) is 2.01. The smallest absolute Gasteiger partial charge is 0.408 e. The number of hydrogen-bond donors (Lipinski definition) is 2. The summed E-state index contributed by atoms with van der Waals surface area (Å²) in [5.41, 5.74) is 2.18. The molecular weight excluding hydrogens is 256 g/mol. The van der Waals surface area contributed by atoms with Gasteiger partial charge in [0, 0.05) is 6.07 Å². The molecule has 2 aromatic heterocycles. The zero-order valence-electron chi connectivity index (χ0n) is 8.99. The quantitative estimate of drug-likeness (QED) is 0.660. The average molecular weight is 263 g/mol. The van der Waals surface area contributed by atoms with Crippen molar-refractivity contribution in [2.75, 3.05) is 0 Å². The highest BCUT2D eigenvalue weighted by molar-refractivity contribution is 6.29. The van der Waals surface area contributed by atoms with Gasteiger partial charge in [-0.3, -0.25) is 9.78 Å². The van der Waals surface area contributed by atoms with Crippen LogP contribution in [0.2, 0.25) is 5.15 Å². The van der Waals surface area contributed by atoms with Gasteiger partial charge in [0.05, 0.1) is 5.52 Å². The fourth-order valence-electron chi connectivity index (χ4n) is 1.80. The van der Waals surface area contributed by atoms with Crippen LogP contribution in [-0.2, 0) is 0 Å². The van der Waals surface area contributed by atoms with Crippen molar-refractivity contribution in [1.82, 2.24) is 9.97 Å². The van der Waals surface area contributed by atoms with E-state index in [4.69, 9.17) is 16.0 Å². The molecule has 0 saturated carbocycles. The van der Waals surface area contributed by atoms with Crippen LogP contribution < -0.4 is 11.3 Å². The zero-order valence-corrected chi connectivity index (χ0v) is 9.75. The molecule has 2 N–H and O–H groups in total. The van der Waals surface area contributed by atoms with Crippen molar-refractivity contribution in [2.45, 2.75) is 0 Å². The molecule has 3 rings (SSSR count). The van der Waals surface area contributed by atoms with Gasteiger partial charge in [0.2, 0.25) is 5.56 Å². The Balaban J connectivity index is 2.24. The maximum atomic E-state index is 11.3. The number of rotatable bonds is 1. The molecule has 0 bridgehead atoms. The Hall–Kier alpha value is -2.27. The Bertz CT molecular complexity index is 844. The normalized spacial score (nSPS) is 10.9. The third-order valence-corrected chi connectivity index (χ3v) is 2.77. The summed E-state index contributed by atoms with van der Waals surface area (Å²) in [4.78, 5) is 27.4. The van der Waals surface area contributed by atoms with Crippen LogP contribution in [-0.4, -0.2) is 9.97 Å². The molecule has 0 aliphatic heterocycles. The Morgan fingerprint density at radius 1 is 1.00 bits per heavy atom. The van der Waals surface area contributed by atoms with Gasteiger partial charge in [-0.15, -0.1) is 0 Å². The first-order chi connectivity index (χ1) is 8.61. The van der Waals surface area contributed by atoms with Gasteiger partial charge in [-0.1, -0.05) is 17.7 Å². The SMILES string of the molecule is O=c1cc(-c2ccc3[nH]c(=O)oc3c2)cc(Cl)[nH]1. The number of H-pyrrole nitrogens is 2. The summed E-state index contributed by atoms with van der Waals surface area (Å²) in [6.45, 7) is 0. The Morgan fingerprint density at radius 3 is 2.61 bits per heavy atom. The molecule has 0 radical (unpaired) electrons. The zero-order chi connectivity index (χ0) is 12.7. The highest BCUT2D eigenvalue weighted by Crippen LogP contribution is 2.23. The van der Waals surface area contributed by atoms with Crippen molar-refractivity contribution in [3.63, 3.8) is 0 Å². The van der Waals surface area contributed by atoms with Gasteiger partial charge in [-0.2, -0.15) is 0 Å². The Morgan fingerprint density at radius 2 is 1.83 bits per heavy atom. The second-order valence-corrected chi connectivity index (χ2v) is 4.21. The van der Waals surface area contributed by atoms with E-state index in [0.29, 0.717) is 16.7 Å². The first kappa shape index (κ1) is 10.9. The lowest BCUT2D eigenvalue weighted by atomic mass is 10.1. The predicted octanol–water partition coefficient (Wildman–Crippen LogP) is 2.13. The summed E-state index contributed by atoms with van der Waals surface area (Å²) < 4.78 is 4.96. The van der Waals surface area contributed by atoms with Crippen molar-refractivity contribution >= 4 is 22.7 Å². The maximum Gasteiger partial charge on any atom is 0.417 e. The molecule has 5 nitrogen and oxygen atoms in total. The minimum Gasteiger partial charge on any atom is -0.408 e. The lowest BCUT2D eigenvalue weighted by Crippen LogP contribution is -2.03. The molecule has 0 fully saturated rings. The Labute approximate surface area is 105 Å². The van der Waals surface area contributed by atoms with E-state index >= 15 is 0 Å². The second-order valence-electron chi connectivity index (χ2n) is 3.81. The van der Waals surface area contributed by atoms with Crippen LogP contribution in [0.4, 0.5) is 0 Å². The number of fused-ring (bicyclic) bond motifs is 1. The van der Waals surface area contributed by atoms with Crippen LogP contribution in [0.15, 0.2) is 44.3 Å². The van der Waals surface area contributed by atoms with Crippen molar-refractivity contribution in [1.29, 1.82) is 0 Å². The highest BCUT2D eigenvalue weighted by atomic mass is 35.5. The summed E-state index contributed by atoms with van der Waals surface area (Å²) in [5, 5.41) is 0.258. The molecule has 90 valence electrons. The van der Waals surface area contributed by atoms with E-state index in [9.17, 15) is 9.59 Å². The minimum absolute atomic E-state index is 0.258. The van der Waals surface area contributed by atoms with Crippen molar-refractivity contribution < 1.29 is 4.42 Å². The van der Waals surface area contributed by atoms with Gasteiger partial charge in [-0.25, -0.2) is 4.79 Å². The van der Waals surface area contributed by atoms with Gasteiger partial charge in [-0.05, 0) is 29.3 Å². The van der Waals surface area contributed by atoms with Crippen molar-refractivity contribution in [2.24, 2.45) is 0 Å². The number of benzene rings is 1. The summed E-state index contributed by atoms with van der Waals surface area (Å²) in [6, 6.07) is 8.23. The minimum atomic E-state index is -0.508.